The third kappa shape index (κ3) is 3.38. The minimum atomic E-state index is -0.657. The minimum Gasteiger partial charge on any atom is -0.489 e. The van der Waals surface area contributed by atoms with E-state index < -0.39 is 5.76 Å². The van der Waals surface area contributed by atoms with Crippen LogP contribution in [0.25, 0.3) is 0 Å². The molecule has 3 rings (SSSR count). The van der Waals surface area contributed by atoms with Crippen LogP contribution in [0.1, 0.15) is 16.8 Å². The fourth-order valence-electron chi connectivity index (χ4n) is 2.12. The van der Waals surface area contributed by atoms with Crippen LogP contribution in [0.5, 0.6) is 11.7 Å². The van der Waals surface area contributed by atoms with Gasteiger partial charge in [-0.1, -0.05) is 42.5 Å². The number of nitrogens with one attached hydrogen (secondary N) is 1. The van der Waals surface area contributed by atoms with Crippen LogP contribution in [-0.2, 0) is 13.0 Å². The first-order valence-electron chi connectivity index (χ1n) is 6.87. The van der Waals surface area contributed by atoms with Gasteiger partial charge in [0.25, 0.3) is 0 Å². The molecule has 0 saturated carbocycles. The second kappa shape index (κ2) is 6.22. The Morgan fingerprint density at radius 1 is 1.00 bits per heavy atom. The predicted molar refractivity (Wildman–Crippen MR) is 81.0 cm³/mol. The summed E-state index contributed by atoms with van der Waals surface area (Å²) in [7, 11) is 0. The summed E-state index contributed by atoms with van der Waals surface area (Å²) in [6, 6.07) is 17.4. The largest absolute Gasteiger partial charge is 0.489 e. The molecule has 0 atom stereocenters. The maximum atomic E-state index is 11.0. The first kappa shape index (κ1) is 14.0. The molecule has 0 spiro atoms. The molecule has 3 aromatic rings. The Balaban J connectivity index is 1.63. The van der Waals surface area contributed by atoms with Crippen LogP contribution >= 0.6 is 0 Å². The highest BCUT2D eigenvalue weighted by Crippen LogP contribution is 2.19. The summed E-state index contributed by atoms with van der Waals surface area (Å²) >= 11 is 0. The maximum absolute atomic E-state index is 11.0. The van der Waals surface area contributed by atoms with E-state index in [1.807, 2.05) is 54.6 Å². The van der Waals surface area contributed by atoms with Gasteiger partial charge in [0, 0.05) is 6.42 Å². The highest BCUT2D eigenvalue weighted by Gasteiger charge is 2.09. The molecule has 5 heteroatoms. The summed E-state index contributed by atoms with van der Waals surface area (Å²) in [5.74, 6) is -0.262. The zero-order chi connectivity index (χ0) is 15.4. The van der Waals surface area contributed by atoms with Gasteiger partial charge in [-0.05, 0) is 23.3 Å². The lowest BCUT2D eigenvalue weighted by Gasteiger charge is -2.07. The van der Waals surface area contributed by atoms with Gasteiger partial charge in [-0.15, -0.1) is 0 Å². The van der Waals surface area contributed by atoms with Gasteiger partial charge >= 0.3 is 11.7 Å². The monoisotopic (exact) mass is 297 g/mol. The number of benzene rings is 2. The number of rotatable bonds is 5. The predicted octanol–water partition coefficient (Wildman–Crippen LogP) is 2.84. The fraction of sp³-hybridized carbons (Fsp3) is 0.118. The second-order valence-corrected chi connectivity index (χ2v) is 4.89. The first-order valence-corrected chi connectivity index (χ1v) is 6.87. The van der Waals surface area contributed by atoms with Crippen LogP contribution in [0.15, 0.2) is 63.8 Å². The van der Waals surface area contributed by atoms with Crippen molar-refractivity contribution in [3.05, 3.63) is 82.0 Å². The molecule has 0 unspecified atom stereocenters. The lowest BCUT2D eigenvalue weighted by Crippen LogP contribution is -1.98. The molecular formula is C17H15NO4. The molecule has 0 aliphatic heterocycles. The summed E-state index contributed by atoms with van der Waals surface area (Å²) in [4.78, 5) is 13.4. The van der Waals surface area contributed by atoms with E-state index in [2.05, 4.69) is 9.40 Å². The van der Waals surface area contributed by atoms with E-state index in [0.29, 0.717) is 18.7 Å². The van der Waals surface area contributed by atoms with Gasteiger partial charge in [-0.2, -0.15) is 0 Å². The van der Waals surface area contributed by atoms with Gasteiger partial charge < -0.3 is 14.3 Å². The average molecular weight is 297 g/mol. The second-order valence-electron chi connectivity index (χ2n) is 4.89. The van der Waals surface area contributed by atoms with E-state index in [-0.39, 0.29) is 5.95 Å². The van der Waals surface area contributed by atoms with Crippen molar-refractivity contribution in [3.63, 3.8) is 0 Å². The van der Waals surface area contributed by atoms with Gasteiger partial charge in [-0.25, -0.2) is 4.79 Å². The Hall–Kier alpha value is -2.95. The van der Waals surface area contributed by atoms with E-state index in [4.69, 9.17) is 4.74 Å². The Labute approximate surface area is 126 Å². The molecule has 0 radical (unpaired) electrons. The van der Waals surface area contributed by atoms with Crippen molar-refractivity contribution in [2.45, 2.75) is 13.0 Å². The van der Waals surface area contributed by atoms with Crippen molar-refractivity contribution in [1.82, 2.24) is 4.98 Å². The molecule has 0 aliphatic rings. The third-order valence-electron chi connectivity index (χ3n) is 3.25. The minimum absolute atomic E-state index is 0.364. The van der Waals surface area contributed by atoms with E-state index in [0.717, 1.165) is 16.9 Å². The van der Waals surface area contributed by atoms with Crippen molar-refractivity contribution >= 4 is 0 Å². The lowest BCUT2D eigenvalue weighted by atomic mass is 10.1. The Kier molecular flexibility index (Phi) is 3.96. The molecule has 0 aliphatic carbocycles. The zero-order valence-electron chi connectivity index (χ0n) is 11.8. The molecule has 0 fully saturated rings. The van der Waals surface area contributed by atoms with Crippen LogP contribution in [0.2, 0.25) is 0 Å². The number of aromatic nitrogens is 1. The molecule has 2 N–H and O–H groups in total. The standard InChI is InChI=1S/C17H15NO4/c19-16-15(18-17(20)22-16)10-12-6-8-14(9-7-12)21-11-13-4-2-1-3-5-13/h1-9,19H,10-11H2,(H,18,20). The van der Waals surface area contributed by atoms with Crippen molar-refractivity contribution < 1.29 is 14.3 Å². The highest BCUT2D eigenvalue weighted by atomic mass is 16.5. The normalized spacial score (nSPS) is 10.5. The zero-order valence-corrected chi connectivity index (χ0v) is 11.8. The van der Waals surface area contributed by atoms with Crippen LogP contribution < -0.4 is 10.5 Å². The van der Waals surface area contributed by atoms with Crippen molar-refractivity contribution in [2.24, 2.45) is 0 Å². The molecule has 1 aromatic heterocycles. The number of hydrogen-bond acceptors (Lipinski definition) is 4. The fourth-order valence-corrected chi connectivity index (χ4v) is 2.12. The number of ether oxygens (including phenoxy) is 1. The van der Waals surface area contributed by atoms with Crippen LogP contribution in [0, 0.1) is 0 Å². The summed E-state index contributed by atoms with van der Waals surface area (Å²) in [6.07, 6.45) is 0.385. The Bertz CT molecular complexity index is 788. The van der Waals surface area contributed by atoms with Gasteiger partial charge in [0.2, 0.25) is 0 Å². The summed E-state index contributed by atoms with van der Waals surface area (Å²) < 4.78 is 10.2. The number of H-pyrrole nitrogens is 1. The van der Waals surface area contributed by atoms with Gasteiger partial charge in [0.05, 0.1) is 0 Å². The molecular weight excluding hydrogens is 282 g/mol. The number of oxazole rings is 1. The van der Waals surface area contributed by atoms with E-state index in [1.165, 1.54) is 0 Å². The lowest BCUT2D eigenvalue weighted by molar-refractivity contribution is 0.306. The van der Waals surface area contributed by atoms with Crippen LogP contribution in [-0.4, -0.2) is 10.1 Å². The highest BCUT2D eigenvalue weighted by molar-refractivity contribution is 5.31. The average Bonchev–Trinajstić information content (AvgIpc) is 2.85. The molecule has 112 valence electrons. The van der Waals surface area contributed by atoms with Gasteiger partial charge in [0.1, 0.15) is 18.1 Å². The van der Waals surface area contributed by atoms with Crippen molar-refractivity contribution in [2.75, 3.05) is 0 Å². The van der Waals surface area contributed by atoms with Crippen molar-refractivity contribution in [3.8, 4) is 11.7 Å². The van der Waals surface area contributed by atoms with Gasteiger partial charge in [0.15, 0.2) is 0 Å². The number of hydrogen-bond donors (Lipinski definition) is 2. The molecule has 0 bridgehead atoms. The summed E-state index contributed by atoms with van der Waals surface area (Å²) in [5, 5.41) is 9.43. The van der Waals surface area contributed by atoms with Crippen LogP contribution in [0.3, 0.4) is 0 Å². The number of aromatic amines is 1. The summed E-state index contributed by atoms with van der Waals surface area (Å²) in [6.45, 7) is 0.510. The third-order valence-corrected chi connectivity index (χ3v) is 3.25. The van der Waals surface area contributed by atoms with Crippen LogP contribution in [0.4, 0.5) is 0 Å². The molecule has 1 heterocycles. The maximum Gasteiger partial charge on any atom is 0.419 e. The van der Waals surface area contributed by atoms with E-state index >= 15 is 0 Å². The van der Waals surface area contributed by atoms with Crippen molar-refractivity contribution in [1.29, 1.82) is 0 Å². The Morgan fingerprint density at radius 2 is 1.73 bits per heavy atom. The SMILES string of the molecule is O=c1[nH]c(Cc2ccc(OCc3ccccc3)cc2)c(O)o1. The smallest absolute Gasteiger partial charge is 0.419 e. The topological polar surface area (TPSA) is 75.5 Å². The summed E-state index contributed by atoms with van der Waals surface area (Å²) in [5.41, 5.74) is 2.40. The quantitative estimate of drug-likeness (QED) is 0.759. The van der Waals surface area contributed by atoms with E-state index in [1.54, 1.807) is 0 Å². The van der Waals surface area contributed by atoms with E-state index in [9.17, 15) is 9.90 Å². The molecule has 2 aromatic carbocycles. The molecule has 0 saturated heterocycles. The number of aromatic hydroxyl groups is 1. The first-order chi connectivity index (χ1) is 10.7. The molecule has 0 amide bonds. The Morgan fingerprint density at radius 3 is 2.36 bits per heavy atom. The van der Waals surface area contributed by atoms with Gasteiger partial charge in [-0.3, -0.25) is 4.98 Å². The molecule has 22 heavy (non-hydrogen) atoms. The molecule has 5 nitrogen and oxygen atoms in total.